The molecule has 0 radical (unpaired) electrons. The van der Waals surface area contributed by atoms with E-state index >= 15 is 0 Å². The van der Waals surface area contributed by atoms with Crippen molar-refractivity contribution < 1.29 is 19.1 Å². The summed E-state index contributed by atoms with van der Waals surface area (Å²) in [5.41, 5.74) is 0.695. The number of carboxylic acids is 1. The van der Waals surface area contributed by atoms with Crippen LogP contribution >= 0.6 is 0 Å². The molecule has 0 aromatic heterocycles. The average molecular weight is 265 g/mol. The SMILES string of the molecule is O=C(O)[C@H]1CC[C@@H](C(=O)NCc2cccc(F)c2)C1. The summed E-state index contributed by atoms with van der Waals surface area (Å²) in [6.45, 7) is 0.269. The highest BCUT2D eigenvalue weighted by molar-refractivity contribution is 5.80. The topological polar surface area (TPSA) is 66.4 Å². The lowest BCUT2D eigenvalue weighted by molar-refractivity contribution is -0.141. The Hall–Kier alpha value is -1.91. The molecule has 1 saturated carbocycles. The number of rotatable bonds is 4. The Morgan fingerprint density at radius 3 is 2.68 bits per heavy atom. The van der Waals surface area contributed by atoms with E-state index in [9.17, 15) is 14.0 Å². The van der Waals surface area contributed by atoms with Crippen LogP contribution in [0.2, 0.25) is 0 Å². The fourth-order valence-electron chi connectivity index (χ4n) is 2.42. The van der Waals surface area contributed by atoms with Crippen LogP contribution in [-0.4, -0.2) is 17.0 Å². The highest BCUT2D eigenvalue weighted by Gasteiger charge is 2.33. The molecule has 0 heterocycles. The van der Waals surface area contributed by atoms with E-state index in [-0.39, 0.29) is 24.2 Å². The Bertz CT molecular complexity index is 489. The van der Waals surface area contributed by atoms with E-state index in [1.807, 2.05) is 0 Å². The van der Waals surface area contributed by atoms with Gasteiger partial charge < -0.3 is 10.4 Å². The van der Waals surface area contributed by atoms with Gasteiger partial charge in [-0.3, -0.25) is 9.59 Å². The number of carbonyl (C=O) groups is 2. The van der Waals surface area contributed by atoms with Crippen molar-refractivity contribution in [3.05, 3.63) is 35.6 Å². The van der Waals surface area contributed by atoms with E-state index in [4.69, 9.17) is 5.11 Å². The Kier molecular flexibility index (Phi) is 4.14. The normalized spacial score (nSPS) is 22.2. The first-order valence-electron chi connectivity index (χ1n) is 6.31. The largest absolute Gasteiger partial charge is 0.481 e. The molecule has 2 N–H and O–H groups in total. The Balaban J connectivity index is 1.84. The third-order valence-corrected chi connectivity index (χ3v) is 3.51. The molecule has 1 aromatic carbocycles. The molecule has 1 aromatic rings. The predicted molar refractivity (Wildman–Crippen MR) is 66.7 cm³/mol. The van der Waals surface area contributed by atoms with Crippen molar-refractivity contribution in [3.63, 3.8) is 0 Å². The number of carboxylic acid groups (broad SMARTS) is 1. The molecule has 1 fully saturated rings. The zero-order valence-corrected chi connectivity index (χ0v) is 10.4. The van der Waals surface area contributed by atoms with Gasteiger partial charge in [0, 0.05) is 12.5 Å². The van der Waals surface area contributed by atoms with E-state index in [0.29, 0.717) is 24.8 Å². The van der Waals surface area contributed by atoms with Gasteiger partial charge in [-0.05, 0) is 37.0 Å². The van der Waals surface area contributed by atoms with Gasteiger partial charge in [0.25, 0.3) is 0 Å². The molecule has 0 unspecified atom stereocenters. The Morgan fingerprint density at radius 1 is 1.32 bits per heavy atom. The van der Waals surface area contributed by atoms with Gasteiger partial charge >= 0.3 is 5.97 Å². The van der Waals surface area contributed by atoms with Crippen molar-refractivity contribution in [3.8, 4) is 0 Å². The molecular formula is C14H16FNO3. The lowest BCUT2D eigenvalue weighted by Gasteiger charge is -2.10. The van der Waals surface area contributed by atoms with Crippen LogP contribution in [0.5, 0.6) is 0 Å². The number of aliphatic carboxylic acids is 1. The highest BCUT2D eigenvalue weighted by atomic mass is 19.1. The van der Waals surface area contributed by atoms with Crippen LogP contribution in [0.3, 0.4) is 0 Å². The molecular weight excluding hydrogens is 249 g/mol. The number of amides is 1. The smallest absolute Gasteiger partial charge is 0.306 e. The van der Waals surface area contributed by atoms with E-state index in [1.165, 1.54) is 12.1 Å². The van der Waals surface area contributed by atoms with Crippen molar-refractivity contribution in [1.29, 1.82) is 0 Å². The lowest BCUT2D eigenvalue weighted by atomic mass is 10.0. The van der Waals surface area contributed by atoms with E-state index < -0.39 is 11.9 Å². The molecule has 4 nitrogen and oxygen atoms in total. The molecule has 2 rings (SSSR count). The van der Waals surface area contributed by atoms with Gasteiger partial charge in [-0.1, -0.05) is 12.1 Å². The van der Waals surface area contributed by atoms with Crippen LogP contribution in [0, 0.1) is 17.7 Å². The molecule has 0 aliphatic heterocycles. The Labute approximate surface area is 110 Å². The van der Waals surface area contributed by atoms with Crippen LogP contribution < -0.4 is 5.32 Å². The quantitative estimate of drug-likeness (QED) is 0.874. The van der Waals surface area contributed by atoms with Crippen molar-refractivity contribution in [2.24, 2.45) is 11.8 Å². The summed E-state index contributed by atoms with van der Waals surface area (Å²) in [7, 11) is 0. The summed E-state index contributed by atoms with van der Waals surface area (Å²) in [6.07, 6.45) is 1.55. The molecule has 102 valence electrons. The minimum absolute atomic E-state index is 0.145. The fourth-order valence-corrected chi connectivity index (χ4v) is 2.42. The Morgan fingerprint density at radius 2 is 2.05 bits per heavy atom. The van der Waals surface area contributed by atoms with Crippen molar-refractivity contribution in [1.82, 2.24) is 5.32 Å². The van der Waals surface area contributed by atoms with Crippen molar-refractivity contribution >= 4 is 11.9 Å². The summed E-state index contributed by atoms with van der Waals surface area (Å²) in [4.78, 5) is 22.7. The third kappa shape index (κ3) is 3.53. The number of nitrogens with one attached hydrogen (secondary N) is 1. The second-order valence-corrected chi connectivity index (χ2v) is 4.89. The molecule has 1 amide bonds. The summed E-state index contributed by atoms with van der Waals surface area (Å²) in [6, 6.07) is 6.04. The fraction of sp³-hybridized carbons (Fsp3) is 0.429. The van der Waals surface area contributed by atoms with Gasteiger partial charge in [0.2, 0.25) is 5.91 Å². The molecule has 1 aliphatic carbocycles. The first-order valence-corrected chi connectivity index (χ1v) is 6.31. The van der Waals surface area contributed by atoms with Crippen molar-refractivity contribution in [2.45, 2.75) is 25.8 Å². The molecule has 0 spiro atoms. The number of halogens is 1. The number of hydrogen-bond acceptors (Lipinski definition) is 2. The van der Waals surface area contributed by atoms with Gasteiger partial charge in [0.15, 0.2) is 0 Å². The van der Waals surface area contributed by atoms with Gasteiger partial charge in [-0.25, -0.2) is 4.39 Å². The minimum atomic E-state index is -0.833. The van der Waals surface area contributed by atoms with Crippen LogP contribution in [-0.2, 0) is 16.1 Å². The summed E-state index contributed by atoms with van der Waals surface area (Å²) in [5, 5.41) is 11.6. The van der Waals surface area contributed by atoms with Crippen molar-refractivity contribution in [2.75, 3.05) is 0 Å². The predicted octanol–water partition coefficient (Wildman–Crippen LogP) is 1.94. The second-order valence-electron chi connectivity index (χ2n) is 4.89. The lowest BCUT2D eigenvalue weighted by Crippen LogP contribution is -2.29. The summed E-state index contributed by atoms with van der Waals surface area (Å²) in [5.74, 6) is -1.97. The number of benzene rings is 1. The zero-order valence-electron chi connectivity index (χ0n) is 10.4. The second kappa shape index (κ2) is 5.82. The first kappa shape index (κ1) is 13.5. The van der Waals surface area contributed by atoms with E-state index in [0.717, 1.165) is 0 Å². The highest BCUT2D eigenvalue weighted by Crippen LogP contribution is 2.31. The third-order valence-electron chi connectivity index (χ3n) is 3.51. The van der Waals surface area contributed by atoms with Crippen LogP contribution in [0.4, 0.5) is 4.39 Å². The maximum Gasteiger partial charge on any atom is 0.306 e. The van der Waals surface area contributed by atoms with Crippen LogP contribution in [0.1, 0.15) is 24.8 Å². The molecule has 0 bridgehead atoms. The van der Waals surface area contributed by atoms with Crippen LogP contribution in [0.25, 0.3) is 0 Å². The molecule has 2 atom stereocenters. The molecule has 1 aliphatic rings. The maximum atomic E-state index is 13.0. The molecule has 19 heavy (non-hydrogen) atoms. The number of hydrogen-bond donors (Lipinski definition) is 2. The van der Waals surface area contributed by atoms with Gasteiger partial charge in [0.1, 0.15) is 5.82 Å². The maximum absolute atomic E-state index is 13.0. The molecule has 5 heteroatoms. The average Bonchev–Trinajstić information content (AvgIpc) is 2.86. The number of carbonyl (C=O) groups excluding carboxylic acids is 1. The van der Waals surface area contributed by atoms with E-state index in [2.05, 4.69) is 5.32 Å². The van der Waals surface area contributed by atoms with Gasteiger partial charge in [-0.2, -0.15) is 0 Å². The van der Waals surface area contributed by atoms with E-state index in [1.54, 1.807) is 12.1 Å². The molecule has 0 saturated heterocycles. The van der Waals surface area contributed by atoms with Gasteiger partial charge in [-0.15, -0.1) is 0 Å². The zero-order chi connectivity index (χ0) is 13.8. The van der Waals surface area contributed by atoms with Crippen LogP contribution in [0.15, 0.2) is 24.3 Å². The minimum Gasteiger partial charge on any atom is -0.481 e. The summed E-state index contributed by atoms with van der Waals surface area (Å²) < 4.78 is 13.0. The monoisotopic (exact) mass is 265 g/mol. The standard InChI is InChI=1S/C14H16FNO3/c15-12-3-1-2-9(6-12)8-16-13(17)10-4-5-11(7-10)14(18)19/h1-3,6,10-11H,4-5,7-8H2,(H,16,17)(H,18,19)/t10-,11+/m1/s1. The van der Waals surface area contributed by atoms with Gasteiger partial charge in [0.05, 0.1) is 5.92 Å². The first-order chi connectivity index (χ1) is 9.06. The summed E-state index contributed by atoms with van der Waals surface area (Å²) >= 11 is 0.